The maximum absolute atomic E-state index is 8.89. The SMILES string of the molecule is CC(=O)[O-].CCCCCCCCCCCCCCCNC.[Na+]. The van der Waals surface area contributed by atoms with Crippen molar-refractivity contribution >= 4 is 5.97 Å². The van der Waals surface area contributed by atoms with Gasteiger partial charge in [0.1, 0.15) is 0 Å². The maximum atomic E-state index is 8.89. The van der Waals surface area contributed by atoms with Gasteiger partial charge in [0.05, 0.1) is 0 Å². The summed E-state index contributed by atoms with van der Waals surface area (Å²) in [5.41, 5.74) is 0. The first-order chi connectivity index (χ1) is 10.1. The smallest absolute Gasteiger partial charge is 0.550 e. The maximum Gasteiger partial charge on any atom is 1.00 e. The van der Waals surface area contributed by atoms with Gasteiger partial charge in [0.25, 0.3) is 0 Å². The number of nitrogens with one attached hydrogen (secondary N) is 1. The van der Waals surface area contributed by atoms with E-state index in [4.69, 9.17) is 9.90 Å². The van der Waals surface area contributed by atoms with E-state index in [1.807, 2.05) is 7.05 Å². The van der Waals surface area contributed by atoms with E-state index in [1.165, 1.54) is 90.0 Å². The van der Waals surface area contributed by atoms with Crippen LogP contribution < -0.4 is 40.0 Å². The van der Waals surface area contributed by atoms with Gasteiger partial charge in [-0.15, -0.1) is 0 Å². The Kier molecular flexibility index (Phi) is 32.7. The molecule has 0 amide bonds. The van der Waals surface area contributed by atoms with Crippen LogP contribution in [0.25, 0.3) is 0 Å². The van der Waals surface area contributed by atoms with Crippen LogP contribution in [0.1, 0.15) is 97.3 Å². The molecular weight excluding hydrogens is 285 g/mol. The minimum absolute atomic E-state index is 0. The molecule has 22 heavy (non-hydrogen) atoms. The Morgan fingerprint density at radius 3 is 1.32 bits per heavy atom. The molecule has 0 spiro atoms. The van der Waals surface area contributed by atoms with Crippen molar-refractivity contribution in [2.75, 3.05) is 13.6 Å². The quantitative estimate of drug-likeness (QED) is 0.384. The van der Waals surface area contributed by atoms with Crippen molar-refractivity contribution in [2.45, 2.75) is 97.3 Å². The van der Waals surface area contributed by atoms with Gasteiger partial charge >= 0.3 is 29.6 Å². The van der Waals surface area contributed by atoms with Crippen molar-refractivity contribution in [1.29, 1.82) is 0 Å². The van der Waals surface area contributed by atoms with Gasteiger partial charge in [-0.3, -0.25) is 0 Å². The van der Waals surface area contributed by atoms with Gasteiger partial charge in [0.15, 0.2) is 0 Å². The van der Waals surface area contributed by atoms with Gasteiger partial charge in [-0.25, -0.2) is 0 Å². The topological polar surface area (TPSA) is 52.2 Å². The van der Waals surface area contributed by atoms with Gasteiger partial charge < -0.3 is 15.2 Å². The van der Waals surface area contributed by atoms with E-state index in [9.17, 15) is 0 Å². The number of carbonyl (C=O) groups is 1. The van der Waals surface area contributed by atoms with Crippen molar-refractivity contribution < 1.29 is 39.5 Å². The average molecular weight is 323 g/mol. The van der Waals surface area contributed by atoms with Crippen LogP contribution in [0.4, 0.5) is 0 Å². The Hall–Kier alpha value is 0.430. The molecule has 0 aliphatic rings. The number of carboxylic acids is 1. The first kappa shape index (κ1) is 27.3. The van der Waals surface area contributed by atoms with Crippen LogP contribution in [0.2, 0.25) is 0 Å². The molecule has 0 aromatic carbocycles. The zero-order valence-electron chi connectivity index (χ0n) is 15.7. The van der Waals surface area contributed by atoms with Crippen LogP contribution in [-0.4, -0.2) is 19.6 Å². The molecule has 0 saturated carbocycles. The third-order valence-electron chi connectivity index (χ3n) is 3.53. The fourth-order valence-corrected chi connectivity index (χ4v) is 2.32. The van der Waals surface area contributed by atoms with Crippen LogP contribution in [0.5, 0.6) is 0 Å². The molecule has 0 rings (SSSR count). The summed E-state index contributed by atoms with van der Waals surface area (Å²) in [5, 5.41) is 12.1. The first-order valence-corrected chi connectivity index (χ1v) is 8.97. The van der Waals surface area contributed by atoms with Gasteiger partial charge in [-0.1, -0.05) is 84.0 Å². The fourth-order valence-electron chi connectivity index (χ4n) is 2.32. The molecule has 0 aliphatic heterocycles. The normalized spacial score (nSPS) is 9.59. The number of hydrogen-bond donors (Lipinski definition) is 1. The number of hydrogen-bond acceptors (Lipinski definition) is 3. The summed E-state index contributed by atoms with van der Waals surface area (Å²) in [4.78, 5) is 8.89. The van der Waals surface area contributed by atoms with E-state index in [-0.39, 0.29) is 29.6 Å². The van der Waals surface area contributed by atoms with Crippen LogP contribution in [0.3, 0.4) is 0 Å². The summed E-state index contributed by atoms with van der Waals surface area (Å²) in [5.74, 6) is -1.08. The molecule has 3 nitrogen and oxygen atoms in total. The van der Waals surface area contributed by atoms with Crippen LogP contribution in [0, 0.1) is 0 Å². The Labute approximate surface area is 161 Å². The summed E-state index contributed by atoms with van der Waals surface area (Å²) in [6, 6.07) is 0. The average Bonchev–Trinajstić information content (AvgIpc) is 2.43. The van der Waals surface area contributed by atoms with E-state index in [2.05, 4.69) is 12.2 Å². The van der Waals surface area contributed by atoms with Gasteiger partial charge in [-0.05, 0) is 26.9 Å². The molecule has 0 fully saturated rings. The second-order valence-electron chi connectivity index (χ2n) is 5.84. The predicted octanol–water partition coefficient (Wildman–Crippen LogP) is 1.06. The molecule has 0 aromatic heterocycles. The standard InChI is InChI=1S/C16H35N.C2H4O2.Na/c1-3-4-5-6-7-8-9-10-11-12-13-14-15-16-17-2;1-2(3)4;/h17H,3-16H2,1-2H3;1H3,(H,3,4);/q;;+1/p-1. The second-order valence-corrected chi connectivity index (χ2v) is 5.84. The minimum Gasteiger partial charge on any atom is -0.550 e. The Morgan fingerprint density at radius 2 is 1.05 bits per heavy atom. The fraction of sp³-hybridized carbons (Fsp3) is 0.944. The summed E-state index contributed by atoms with van der Waals surface area (Å²) in [6.07, 6.45) is 18.8. The first-order valence-electron chi connectivity index (χ1n) is 8.97. The Bertz CT molecular complexity index is 184. The zero-order valence-corrected chi connectivity index (χ0v) is 17.7. The van der Waals surface area contributed by atoms with E-state index in [0.29, 0.717) is 0 Å². The second kappa shape index (κ2) is 26.3. The minimum atomic E-state index is -1.08. The van der Waals surface area contributed by atoms with Crippen molar-refractivity contribution in [1.82, 2.24) is 5.32 Å². The monoisotopic (exact) mass is 323 g/mol. The predicted molar refractivity (Wildman–Crippen MR) is 90.3 cm³/mol. The molecule has 0 atom stereocenters. The summed E-state index contributed by atoms with van der Waals surface area (Å²) in [7, 11) is 2.04. The molecule has 0 unspecified atom stereocenters. The number of aliphatic carboxylic acids is 1. The molecule has 0 aliphatic carbocycles. The Balaban J connectivity index is -0.000000640. The third-order valence-corrected chi connectivity index (χ3v) is 3.53. The summed E-state index contributed by atoms with van der Waals surface area (Å²) >= 11 is 0. The van der Waals surface area contributed by atoms with Crippen molar-refractivity contribution in [3.8, 4) is 0 Å². The molecule has 0 radical (unpaired) electrons. The molecule has 0 heterocycles. The van der Waals surface area contributed by atoms with E-state index in [1.54, 1.807) is 0 Å². The summed E-state index contributed by atoms with van der Waals surface area (Å²) < 4.78 is 0. The van der Waals surface area contributed by atoms with Crippen LogP contribution in [0.15, 0.2) is 0 Å². The molecule has 0 aromatic rings. The van der Waals surface area contributed by atoms with E-state index >= 15 is 0 Å². The molecule has 128 valence electrons. The van der Waals surface area contributed by atoms with E-state index in [0.717, 1.165) is 6.92 Å². The largest absolute Gasteiger partial charge is 1.00 e. The molecular formula is C18H38NNaO2. The van der Waals surface area contributed by atoms with Crippen molar-refractivity contribution in [3.05, 3.63) is 0 Å². The van der Waals surface area contributed by atoms with E-state index < -0.39 is 5.97 Å². The Morgan fingerprint density at radius 1 is 0.773 bits per heavy atom. The molecule has 0 saturated heterocycles. The third kappa shape index (κ3) is 37.0. The van der Waals surface area contributed by atoms with Crippen LogP contribution in [-0.2, 0) is 4.79 Å². The molecule has 1 N–H and O–H groups in total. The number of carboxylic acid groups (broad SMARTS) is 1. The van der Waals surface area contributed by atoms with Crippen LogP contribution >= 0.6 is 0 Å². The number of rotatable bonds is 14. The molecule has 4 heteroatoms. The van der Waals surface area contributed by atoms with Gasteiger partial charge in [-0.2, -0.15) is 0 Å². The molecule has 0 bridgehead atoms. The number of unbranched alkanes of at least 4 members (excludes halogenated alkanes) is 12. The van der Waals surface area contributed by atoms with Crippen molar-refractivity contribution in [3.63, 3.8) is 0 Å². The number of carbonyl (C=O) groups excluding carboxylic acids is 1. The summed E-state index contributed by atoms with van der Waals surface area (Å²) in [6.45, 7) is 4.45. The van der Waals surface area contributed by atoms with Gasteiger partial charge in [0, 0.05) is 5.97 Å². The van der Waals surface area contributed by atoms with Crippen molar-refractivity contribution in [2.24, 2.45) is 0 Å². The zero-order chi connectivity index (χ0) is 16.2. The van der Waals surface area contributed by atoms with Gasteiger partial charge in [0.2, 0.25) is 0 Å².